The predicted molar refractivity (Wildman–Crippen MR) is 140 cm³/mol. The van der Waals surface area contributed by atoms with Crippen LogP contribution in [0.4, 0.5) is 0 Å². The first-order valence-electron chi connectivity index (χ1n) is 12.3. The number of aryl methyl sites for hydroxylation is 2. The summed E-state index contributed by atoms with van der Waals surface area (Å²) >= 11 is 0. The highest BCUT2D eigenvalue weighted by atomic mass is 16.5. The van der Waals surface area contributed by atoms with Gasteiger partial charge in [0.2, 0.25) is 5.43 Å². The smallest absolute Gasteiger partial charge is 0.337 e. The van der Waals surface area contributed by atoms with Crippen molar-refractivity contribution in [2.45, 2.75) is 33.3 Å². The van der Waals surface area contributed by atoms with Gasteiger partial charge in [-0.05, 0) is 60.4 Å². The zero-order chi connectivity index (χ0) is 25.9. The van der Waals surface area contributed by atoms with Crippen LogP contribution in [0.5, 0.6) is 17.2 Å². The second-order valence-electron chi connectivity index (χ2n) is 8.86. The summed E-state index contributed by atoms with van der Waals surface area (Å²) in [6, 6.07) is 16.2. The molecule has 7 heteroatoms. The summed E-state index contributed by atoms with van der Waals surface area (Å²) in [6.45, 7) is 5.28. The van der Waals surface area contributed by atoms with Crippen molar-refractivity contribution in [3.63, 3.8) is 0 Å². The molecular formula is C30H28O7. The number of carbonyl (C=O) groups is 1. The van der Waals surface area contributed by atoms with Gasteiger partial charge < -0.3 is 23.4 Å². The minimum Gasteiger partial charge on any atom is -0.490 e. The van der Waals surface area contributed by atoms with Gasteiger partial charge in [0, 0.05) is 12.5 Å². The molecule has 0 atom stereocenters. The fourth-order valence-corrected chi connectivity index (χ4v) is 4.46. The first kappa shape index (κ1) is 24.4. The molecule has 0 radical (unpaired) electrons. The molecule has 0 saturated heterocycles. The maximum Gasteiger partial charge on any atom is 0.337 e. The van der Waals surface area contributed by atoms with Crippen molar-refractivity contribution < 1.29 is 28.2 Å². The van der Waals surface area contributed by atoms with E-state index >= 15 is 0 Å². The number of fused-ring (bicyclic) bond motifs is 2. The molecule has 7 nitrogen and oxygen atoms in total. The predicted octanol–water partition coefficient (Wildman–Crippen LogP) is 5.86. The minimum absolute atomic E-state index is 0.104. The quantitative estimate of drug-likeness (QED) is 0.307. The van der Waals surface area contributed by atoms with Gasteiger partial charge >= 0.3 is 5.97 Å². The second-order valence-corrected chi connectivity index (χ2v) is 8.86. The van der Waals surface area contributed by atoms with E-state index in [0.717, 1.165) is 23.1 Å². The van der Waals surface area contributed by atoms with E-state index in [1.54, 1.807) is 25.1 Å². The second kappa shape index (κ2) is 10.4. The average molecular weight is 501 g/mol. The molecule has 0 unspecified atom stereocenters. The van der Waals surface area contributed by atoms with E-state index in [4.69, 9.17) is 23.4 Å². The first-order valence-corrected chi connectivity index (χ1v) is 12.3. The highest BCUT2D eigenvalue weighted by Gasteiger charge is 2.19. The van der Waals surface area contributed by atoms with Crippen LogP contribution < -0.4 is 19.6 Å². The van der Waals surface area contributed by atoms with Crippen molar-refractivity contribution in [1.29, 1.82) is 0 Å². The maximum atomic E-state index is 13.6. The Labute approximate surface area is 214 Å². The van der Waals surface area contributed by atoms with Gasteiger partial charge in [0.05, 0.1) is 36.8 Å². The Morgan fingerprint density at radius 1 is 0.973 bits per heavy atom. The fraction of sp³-hybridized carbons (Fsp3) is 0.267. The van der Waals surface area contributed by atoms with Crippen molar-refractivity contribution >= 4 is 16.9 Å². The van der Waals surface area contributed by atoms with E-state index in [2.05, 4.69) is 0 Å². The van der Waals surface area contributed by atoms with Gasteiger partial charge in [0.1, 0.15) is 23.7 Å². The standard InChI is InChI=1S/C30H28O7/c1-4-20-14-23-26(16-25(20)36-17-19-6-8-21(9-7-19)30(32)33-3)37-18(2)28(29(23)31)22-10-11-24-27(15-22)35-13-5-12-34-24/h6-11,14-16H,4-5,12-13,17H2,1-3H3. The lowest BCUT2D eigenvalue weighted by Crippen LogP contribution is -2.09. The molecule has 3 aromatic carbocycles. The Bertz CT molecular complexity index is 1520. The number of hydrogen-bond acceptors (Lipinski definition) is 7. The van der Waals surface area contributed by atoms with Crippen LogP contribution in [-0.2, 0) is 17.8 Å². The molecule has 0 fully saturated rings. The number of methoxy groups -OCH3 is 1. The molecule has 0 spiro atoms. The first-order chi connectivity index (χ1) is 18.0. The molecule has 5 rings (SSSR count). The highest BCUT2D eigenvalue weighted by Crippen LogP contribution is 2.36. The largest absolute Gasteiger partial charge is 0.490 e. The van der Waals surface area contributed by atoms with Crippen LogP contribution in [0.2, 0.25) is 0 Å². The molecule has 2 heterocycles. The number of hydrogen-bond donors (Lipinski definition) is 0. The van der Waals surface area contributed by atoms with E-state index in [0.29, 0.717) is 71.3 Å². The molecule has 1 aromatic heterocycles. The van der Waals surface area contributed by atoms with Gasteiger partial charge in [-0.3, -0.25) is 4.79 Å². The molecule has 37 heavy (non-hydrogen) atoms. The van der Waals surface area contributed by atoms with Crippen LogP contribution in [-0.4, -0.2) is 26.3 Å². The van der Waals surface area contributed by atoms with Crippen molar-refractivity contribution in [1.82, 2.24) is 0 Å². The SMILES string of the molecule is CCc1cc2c(=O)c(-c3ccc4c(c3)OCCCO4)c(C)oc2cc1OCc1ccc(C(=O)OC)cc1. The molecule has 190 valence electrons. The number of rotatable bonds is 6. The van der Waals surface area contributed by atoms with E-state index in [1.165, 1.54) is 7.11 Å². The molecule has 0 N–H and O–H groups in total. The molecular weight excluding hydrogens is 472 g/mol. The van der Waals surface area contributed by atoms with E-state index in [9.17, 15) is 9.59 Å². The van der Waals surface area contributed by atoms with Gasteiger partial charge in [-0.1, -0.05) is 25.1 Å². The Kier molecular flexibility index (Phi) is 6.86. The van der Waals surface area contributed by atoms with Crippen LogP contribution in [0.3, 0.4) is 0 Å². The molecule has 1 aliphatic rings. The van der Waals surface area contributed by atoms with Crippen LogP contribution in [0.15, 0.2) is 63.8 Å². The van der Waals surface area contributed by atoms with Gasteiger partial charge in [-0.25, -0.2) is 4.79 Å². The third kappa shape index (κ3) is 4.89. The van der Waals surface area contributed by atoms with Crippen LogP contribution >= 0.6 is 0 Å². The summed E-state index contributed by atoms with van der Waals surface area (Å²) < 4.78 is 28.5. The molecule has 0 amide bonds. The Hall–Kier alpha value is -4.26. The number of carbonyl (C=O) groups excluding carboxylic acids is 1. The van der Waals surface area contributed by atoms with E-state index in [1.807, 2.05) is 43.3 Å². The molecule has 1 aliphatic heterocycles. The van der Waals surface area contributed by atoms with Gasteiger partial charge in [0.25, 0.3) is 0 Å². The van der Waals surface area contributed by atoms with Crippen LogP contribution in [0.25, 0.3) is 22.1 Å². The third-order valence-corrected chi connectivity index (χ3v) is 6.44. The molecule has 4 aromatic rings. The molecule has 0 saturated carbocycles. The van der Waals surface area contributed by atoms with Crippen molar-refractivity contribution in [3.8, 4) is 28.4 Å². The highest BCUT2D eigenvalue weighted by molar-refractivity contribution is 5.89. The fourth-order valence-electron chi connectivity index (χ4n) is 4.46. The van der Waals surface area contributed by atoms with Gasteiger partial charge in [0.15, 0.2) is 11.5 Å². The number of ether oxygens (including phenoxy) is 4. The lowest BCUT2D eigenvalue weighted by atomic mass is 10.0. The average Bonchev–Trinajstić information content (AvgIpc) is 3.16. The summed E-state index contributed by atoms with van der Waals surface area (Å²) in [7, 11) is 1.35. The summed E-state index contributed by atoms with van der Waals surface area (Å²) in [5.41, 5.74) is 3.88. The summed E-state index contributed by atoms with van der Waals surface area (Å²) in [4.78, 5) is 25.3. The van der Waals surface area contributed by atoms with Gasteiger partial charge in [-0.2, -0.15) is 0 Å². The van der Waals surface area contributed by atoms with Crippen LogP contribution in [0.1, 0.15) is 40.6 Å². The third-order valence-electron chi connectivity index (χ3n) is 6.44. The van der Waals surface area contributed by atoms with E-state index < -0.39 is 0 Å². The lowest BCUT2D eigenvalue weighted by molar-refractivity contribution is 0.0600. The topological polar surface area (TPSA) is 84.2 Å². The summed E-state index contributed by atoms with van der Waals surface area (Å²) in [6.07, 6.45) is 1.49. The summed E-state index contributed by atoms with van der Waals surface area (Å²) in [5, 5.41) is 0.499. The zero-order valence-electron chi connectivity index (χ0n) is 21.1. The van der Waals surface area contributed by atoms with Crippen LogP contribution in [0, 0.1) is 6.92 Å². The van der Waals surface area contributed by atoms with E-state index in [-0.39, 0.29) is 11.4 Å². The van der Waals surface area contributed by atoms with Gasteiger partial charge in [-0.15, -0.1) is 0 Å². The Morgan fingerprint density at radius 3 is 2.46 bits per heavy atom. The minimum atomic E-state index is -0.383. The van der Waals surface area contributed by atoms with Crippen molar-refractivity contribution in [2.75, 3.05) is 20.3 Å². The normalized spacial score (nSPS) is 12.7. The maximum absolute atomic E-state index is 13.6. The van der Waals surface area contributed by atoms with Crippen molar-refractivity contribution in [2.24, 2.45) is 0 Å². The molecule has 0 bridgehead atoms. The Morgan fingerprint density at radius 2 is 1.73 bits per heavy atom. The summed E-state index contributed by atoms with van der Waals surface area (Å²) in [5.74, 6) is 2.09. The zero-order valence-corrected chi connectivity index (χ0v) is 21.1. The Balaban J connectivity index is 1.47. The number of esters is 1. The van der Waals surface area contributed by atoms with Crippen molar-refractivity contribution in [3.05, 3.63) is 87.3 Å². The molecule has 0 aliphatic carbocycles. The number of benzene rings is 3. The monoisotopic (exact) mass is 500 g/mol. The lowest BCUT2D eigenvalue weighted by Gasteiger charge is -2.14.